The molecule has 2 heterocycles. The molecular weight excluding hydrogens is 392 g/mol. The Balaban J connectivity index is 1.48. The van der Waals surface area contributed by atoms with Gasteiger partial charge in [0, 0.05) is 11.3 Å². The van der Waals surface area contributed by atoms with Crippen LogP contribution in [0, 0.1) is 0 Å². The van der Waals surface area contributed by atoms with Crippen molar-refractivity contribution < 1.29 is 23.9 Å². The number of benzene rings is 1. The summed E-state index contributed by atoms with van der Waals surface area (Å²) < 4.78 is 10.1. The van der Waals surface area contributed by atoms with Gasteiger partial charge in [-0.3, -0.25) is 4.79 Å². The molecule has 1 amide bonds. The molecule has 29 heavy (non-hydrogen) atoms. The third-order valence-electron chi connectivity index (χ3n) is 5.18. The first kappa shape index (κ1) is 19.4. The first-order valence-corrected chi connectivity index (χ1v) is 10.3. The number of methoxy groups -OCH3 is 2. The van der Waals surface area contributed by atoms with E-state index in [2.05, 4.69) is 10.5 Å². The molecule has 0 saturated carbocycles. The van der Waals surface area contributed by atoms with Gasteiger partial charge in [-0.1, -0.05) is 5.16 Å². The summed E-state index contributed by atoms with van der Waals surface area (Å²) in [6.45, 7) is 0. The number of hydrogen-bond acceptors (Lipinski definition) is 7. The van der Waals surface area contributed by atoms with Gasteiger partial charge in [0.05, 0.1) is 25.5 Å². The summed E-state index contributed by atoms with van der Waals surface area (Å²) in [5.41, 5.74) is 3.06. The van der Waals surface area contributed by atoms with Crippen LogP contribution in [0.15, 0.2) is 29.4 Å². The fourth-order valence-electron chi connectivity index (χ4n) is 3.64. The lowest BCUT2D eigenvalue weighted by molar-refractivity contribution is -0.125. The Morgan fingerprint density at radius 1 is 1.17 bits per heavy atom. The first-order valence-electron chi connectivity index (χ1n) is 9.51. The van der Waals surface area contributed by atoms with Crippen LogP contribution in [0.2, 0.25) is 0 Å². The van der Waals surface area contributed by atoms with Gasteiger partial charge in [0.1, 0.15) is 10.8 Å². The van der Waals surface area contributed by atoms with Gasteiger partial charge in [-0.2, -0.15) is 0 Å². The van der Waals surface area contributed by atoms with Crippen molar-refractivity contribution in [3.8, 4) is 5.75 Å². The van der Waals surface area contributed by atoms with Crippen LogP contribution in [0.5, 0.6) is 5.75 Å². The van der Waals surface area contributed by atoms with Gasteiger partial charge >= 0.3 is 5.97 Å². The number of thiophene rings is 1. The van der Waals surface area contributed by atoms with E-state index in [-0.39, 0.29) is 5.91 Å². The van der Waals surface area contributed by atoms with Crippen LogP contribution < -0.4 is 10.1 Å². The van der Waals surface area contributed by atoms with E-state index in [0.717, 1.165) is 47.4 Å². The van der Waals surface area contributed by atoms with E-state index in [1.807, 2.05) is 24.3 Å². The Morgan fingerprint density at radius 2 is 1.93 bits per heavy atom. The molecule has 1 aliphatic heterocycles. The van der Waals surface area contributed by atoms with E-state index in [1.54, 1.807) is 7.11 Å². The fourth-order valence-corrected chi connectivity index (χ4v) is 4.92. The van der Waals surface area contributed by atoms with Crippen molar-refractivity contribution in [1.29, 1.82) is 0 Å². The number of oxime groups is 1. The molecule has 0 fully saturated rings. The molecule has 1 N–H and O–H groups in total. The Morgan fingerprint density at radius 3 is 2.66 bits per heavy atom. The standard InChI is InChI=1S/C21H22N2O5S/c1-26-13-9-7-12(8-10-13)15-11-16(28-23-15)19(24)22-20-18(21(25)27-2)14-5-3-4-6-17(14)29-20/h7-10,16H,3-6,11H2,1-2H3,(H,22,24). The molecular formula is C21H22N2O5S. The van der Waals surface area contributed by atoms with E-state index in [1.165, 1.54) is 18.4 Å². The van der Waals surface area contributed by atoms with E-state index in [0.29, 0.717) is 22.7 Å². The molecule has 2 aliphatic rings. The smallest absolute Gasteiger partial charge is 0.341 e. The molecule has 4 rings (SSSR count). The van der Waals surface area contributed by atoms with Crippen LogP contribution in [0.4, 0.5) is 5.00 Å². The van der Waals surface area contributed by atoms with Gasteiger partial charge in [0.2, 0.25) is 6.10 Å². The molecule has 0 radical (unpaired) electrons. The van der Waals surface area contributed by atoms with Crippen molar-refractivity contribution in [3.63, 3.8) is 0 Å². The van der Waals surface area contributed by atoms with Crippen LogP contribution in [-0.2, 0) is 27.2 Å². The number of ether oxygens (including phenoxy) is 2. The summed E-state index contributed by atoms with van der Waals surface area (Å²) in [6.07, 6.45) is 3.49. The largest absolute Gasteiger partial charge is 0.497 e. The molecule has 0 saturated heterocycles. The monoisotopic (exact) mass is 414 g/mol. The van der Waals surface area contributed by atoms with Crippen LogP contribution in [0.3, 0.4) is 0 Å². The predicted octanol–water partition coefficient (Wildman–Crippen LogP) is 3.55. The Hall–Kier alpha value is -2.87. The van der Waals surface area contributed by atoms with Gasteiger partial charge in [0.25, 0.3) is 5.91 Å². The van der Waals surface area contributed by atoms with Gasteiger partial charge in [-0.25, -0.2) is 4.79 Å². The molecule has 2 aromatic rings. The highest BCUT2D eigenvalue weighted by Crippen LogP contribution is 2.38. The first-order chi connectivity index (χ1) is 14.1. The molecule has 1 atom stereocenters. The Kier molecular flexibility index (Phi) is 5.53. The zero-order valence-corrected chi connectivity index (χ0v) is 17.1. The molecule has 1 aliphatic carbocycles. The number of rotatable bonds is 5. The van der Waals surface area contributed by atoms with Gasteiger partial charge in [0.15, 0.2) is 0 Å². The lowest BCUT2D eigenvalue weighted by atomic mass is 9.95. The minimum absolute atomic E-state index is 0.319. The van der Waals surface area contributed by atoms with Crippen molar-refractivity contribution in [3.05, 3.63) is 45.8 Å². The lowest BCUT2D eigenvalue weighted by Gasteiger charge is -2.12. The van der Waals surface area contributed by atoms with Crippen LogP contribution in [0.1, 0.15) is 45.6 Å². The maximum atomic E-state index is 12.8. The average Bonchev–Trinajstić information content (AvgIpc) is 3.38. The summed E-state index contributed by atoms with van der Waals surface area (Å²) in [5.74, 6) is 0.0165. The highest BCUT2D eigenvalue weighted by Gasteiger charge is 2.32. The molecule has 1 unspecified atom stereocenters. The van der Waals surface area contributed by atoms with Crippen molar-refractivity contribution in [2.24, 2.45) is 5.16 Å². The van der Waals surface area contributed by atoms with Crippen LogP contribution in [-0.4, -0.2) is 37.9 Å². The minimum atomic E-state index is -0.739. The number of carbonyl (C=O) groups is 2. The molecule has 1 aromatic heterocycles. The van der Waals surface area contributed by atoms with Crippen molar-refractivity contribution >= 4 is 33.9 Å². The quantitative estimate of drug-likeness (QED) is 0.756. The lowest BCUT2D eigenvalue weighted by Crippen LogP contribution is -2.28. The number of nitrogens with one attached hydrogen (secondary N) is 1. The second-order valence-corrected chi connectivity index (χ2v) is 8.07. The maximum Gasteiger partial charge on any atom is 0.341 e. The second-order valence-electron chi connectivity index (χ2n) is 6.96. The molecule has 7 nitrogen and oxygen atoms in total. The third kappa shape index (κ3) is 3.85. The molecule has 8 heteroatoms. The predicted molar refractivity (Wildman–Crippen MR) is 110 cm³/mol. The SMILES string of the molecule is COC(=O)c1c(NC(=O)C2CC(c3ccc(OC)cc3)=NO2)sc2c1CCCC2. The number of hydrogen-bond donors (Lipinski definition) is 1. The number of anilines is 1. The summed E-state index contributed by atoms with van der Waals surface area (Å²) in [7, 11) is 2.96. The van der Waals surface area contributed by atoms with Gasteiger partial charge in [-0.05, 0) is 61.1 Å². The van der Waals surface area contributed by atoms with E-state index < -0.39 is 12.1 Å². The number of aryl methyl sites for hydroxylation is 1. The highest BCUT2D eigenvalue weighted by molar-refractivity contribution is 7.17. The van der Waals surface area contributed by atoms with Crippen LogP contribution in [0.25, 0.3) is 0 Å². The molecule has 1 aromatic carbocycles. The zero-order chi connectivity index (χ0) is 20.4. The third-order valence-corrected chi connectivity index (χ3v) is 6.39. The Bertz CT molecular complexity index is 964. The van der Waals surface area contributed by atoms with Gasteiger partial charge in [-0.15, -0.1) is 11.3 Å². The van der Waals surface area contributed by atoms with Crippen LogP contribution >= 0.6 is 11.3 Å². The van der Waals surface area contributed by atoms with Crippen molar-refractivity contribution in [2.45, 2.75) is 38.2 Å². The second kappa shape index (κ2) is 8.24. The number of esters is 1. The molecule has 152 valence electrons. The number of fused-ring (bicyclic) bond motifs is 1. The molecule has 0 spiro atoms. The number of amides is 1. The summed E-state index contributed by atoms with van der Waals surface area (Å²) in [6, 6.07) is 7.43. The number of carbonyl (C=O) groups excluding carboxylic acids is 2. The topological polar surface area (TPSA) is 86.2 Å². The van der Waals surface area contributed by atoms with Crippen molar-refractivity contribution in [2.75, 3.05) is 19.5 Å². The summed E-state index contributed by atoms with van der Waals surface area (Å²) >= 11 is 1.45. The summed E-state index contributed by atoms with van der Waals surface area (Å²) in [4.78, 5) is 31.6. The summed E-state index contributed by atoms with van der Waals surface area (Å²) in [5, 5.41) is 7.48. The Labute approximate surface area is 172 Å². The minimum Gasteiger partial charge on any atom is -0.497 e. The van der Waals surface area contributed by atoms with Crippen molar-refractivity contribution in [1.82, 2.24) is 0 Å². The molecule has 0 bridgehead atoms. The van der Waals surface area contributed by atoms with Gasteiger partial charge < -0.3 is 19.6 Å². The maximum absolute atomic E-state index is 12.8. The van der Waals surface area contributed by atoms with E-state index in [9.17, 15) is 9.59 Å². The number of nitrogens with zero attached hydrogens (tertiary/aromatic N) is 1. The zero-order valence-electron chi connectivity index (χ0n) is 16.3. The highest BCUT2D eigenvalue weighted by atomic mass is 32.1. The fraction of sp³-hybridized carbons (Fsp3) is 0.381. The normalized spacial score (nSPS) is 17.7. The van der Waals surface area contributed by atoms with E-state index in [4.69, 9.17) is 14.3 Å². The average molecular weight is 414 g/mol. The van der Waals surface area contributed by atoms with E-state index >= 15 is 0 Å².